The number of hydrogen-bond donors (Lipinski definition) is 1. The first-order valence-corrected chi connectivity index (χ1v) is 5.50. The molecule has 3 aromatic rings. The number of rotatable bonds is 2. The number of nitrogens with zero attached hydrogens (tertiary/aromatic N) is 3. The quantitative estimate of drug-likeness (QED) is 0.738. The molecule has 2 heterocycles. The zero-order chi connectivity index (χ0) is 12.4. The highest BCUT2D eigenvalue weighted by Gasteiger charge is 2.07. The molecule has 3 rings (SSSR count). The second-order valence-corrected chi connectivity index (χ2v) is 3.76. The van der Waals surface area contributed by atoms with Crippen LogP contribution in [0.3, 0.4) is 0 Å². The first-order chi connectivity index (χ1) is 8.84. The molecule has 0 atom stereocenters. The van der Waals surface area contributed by atoms with Crippen LogP contribution in [-0.2, 0) is 0 Å². The lowest BCUT2D eigenvalue weighted by molar-refractivity contribution is 0.845. The Hall–Kier alpha value is -2.69. The van der Waals surface area contributed by atoms with Gasteiger partial charge in [-0.2, -0.15) is 4.68 Å². The van der Waals surface area contributed by atoms with Gasteiger partial charge in [-0.3, -0.25) is 9.97 Å². The maximum Gasteiger partial charge on any atom is 0.348 e. The molecule has 5 nitrogen and oxygen atoms in total. The number of nitrogens with one attached hydrogen (secondary N) is 1. The van der Waals surface area contributed by atoms with E-state index in [-0.39, 0.29) is 5.69 Å². The molecule has 0 bridgehead atoms. The van der Waals surface area contributed by atoms with Gasteiger partial charge in [-0.1, -0.05) is 18.2 Å². The predicted octanol–water partition coefficient (Wildman–Crippen LogP) is 1.62. The van der Waals surface area contributed by atoms with Gasteiger partial charge in [-0.05, 0) is 24.3 Å². The molecule has 0 radical (unpaired) electrons. The van der Waals surface area contributed by atoms with Gasteiger partial charge in [0.2, 0.25) is 0 Å². The third-order valence-electron chi connectivity index (χ3n) is 2.57. The van der Waals surface area contributed by atoms with Gasteiger partial charge in [-0.25, -0.2) is 4.79 Å². The average Bonchev–Trinajstić information content (AvgIpc) is 2.83. The Kier molecular flexibility index (Phi) is 2.49. The van der Waals surface area contributed by atoms with Gasteiger partial charge in [-0.15, -0.1) is 5.10 Å². The van der Waals surface area contributed by atoms with Gasteiger partial charge < -0.3 is 0 Å². The molecule has 0 spiro atoms. The molecule has 5 heteroatoms. The van der Waals surface area contributed by atoms with Crippen LogP contribution < -0.4 is 5.69 Å². The lowest BCUT2D eigenvalue weighted by atomic mass is 10.3. The fraction of sp³-hybridized carbons (Fsp3) is 0. The number of pyridine rings is 1. The minimum atomic E-state index is -0.256. The number of aromatic nitrogens is 4. The van der Waals surface area contributed by atoms with Crippen molar-refractivity contribution in [2.24, 2.45) is 0 Å². The van der Waals surface area contributed by atoms with E-state index in [9.17, 15) is 4.79 Å². The maximum atomic E-state index is 11.8. The van der Waals surface area contributed by atoms with E-state index < -0.39 is 0 Å². The fourth-order valence-corrected chi connectivity index (χ4v) is 1.71. The highest BCUT2D eigenvalue weighted by atomic mass is 16.1. The topological polar surface area (TPSA) is 63.6 Å². The molecule has 0 unspecified atom stereocenters. The van der Waals surface area contributed by atoms with E-state index >= 15 is 0 Å². The third-order valence-corrected chi connectivity index (χ3v) is 2.57. The highest BCUT2D eigenvalue weighted by molar-refractivity contribution is 5.53. The zero-order valence-electron chi connectivity index (χ0n) is 9.45. The Morgan fingerprint density at radius 1 is 1.00 bits per heavy atom. The molecule has 0 aliphatic heterocycles. The lowest BCUT2D eigenvalue weighted by Gasteiger charge is -1.97. The van der Waals surface area contributed by atoms with Crippen LogP contribution in [0.1, 0.15) is 0 Å². The Balaban J connectivity index is 2.10. The summed E-state index contributed by atoms with van der Waals surface area (Å²) in [6.07, 6.45) is 3.32. The van der Waals surface area contributed by atoms with Crippen LogP contribution in [-0.4, -0.2) is 19.7 Å². The lowest BCUT2D eigenvalue weighted by Crippen LogP contribution is -2.15. The molecular weight excluding hydrogens is 228 g/mol. The van der Waals surface area contributed by atoms with Crippen molar-refractivity contribution in [3.05, 3.63) is 65.3 Å². The smallest absolute Gasteiger partial charge is 0.288 e. The molecule has 88 valence electrons. The van der Waals surface area contributed by atoms with Crippen LogP contribution >= 0.6 is 0 Å². The predicted molar refractivity (Wildman–Crippen MR) is 67.4 cm³/mol. The molecule has 18 heavy (non-hydrogen) atoms. The second-order valence-electron chi connectivity index (χ2n) is 3.76. The summed E-state index contributed by atoms with van der Waals surface area (Å²) in [5, 5.41) is 4.27. The summed E-state index contributed by atoms with van der Waals surface area (Å²) in [7, 11) is 0. The van der Waals surface area contributed by atoms with Crippen LogP contribution in [0.15, 0.2) is 59.7 Å². The minimum absolute atomic E-state index is 0.256. The second kappa shape index (κ2) is 4.29. The van der Waals surface area contributed by atoms with Crippen molar-refractivity contribution in [1.82, 2.24) is 19.7 Å². The molecule has 0 fully saturated rings. The molecule has 0 amide bonds. The van der Waals surface area contributed by atoms with E-state index in [4.69, 9.17) is 0 Å². The summed E-state index contributed by atoms with van der Waals surface area (Å²) in [4.78, 5) is 18.5. The largest absolute Gasteiger partial charge is 0.348 e. The van der Waals surface area contributed by atoms with Crippen LogP contribution in [0.4, 0.5) is 0 Å². The molecule has 0 aliphatic rings. The minimum Gasteiger partial charge on any atom is -0.288 e. The van der Waals surface area contributed by atoms with Crippen molar-refractivity contribution >= 4 is 0 Å². The van der Waals surface area contributed by atoms with Crippen LogP contribution in [0.25, 0.3) is 17.1 Å². The Labute approximate surface area is 103 Å². The molecule has 1 aromatic carbocycles. The van der Waals surface area contributed by atoms with Crippen LogP contribution in [0, 0.1) is 0 Å². The van der Waals surface area contributed by atoms with Gasteiger partial charge in [0.15, 0.2) is 5.82 Å². The van der Waals surface area contributed by atoms with Gasteiger partial charge >= 0.3 is 5.69 Å². The first kappa shape index (κ1) is 10.5. The number of benzene rings is 1. The number of aromatic amines is 1. The zero-order valence-corrected chi connectivity index (χ0v) is 9.45. The first-order valence-electron chi connectivity index (χ1n) is 5.50. The van der Waals surface area contributed by atoms with Crippen molar-refractivity contribution in [3.8, 4) is 17.1 Å². The van der Waals surface area contributed by atoms with Gasteiger partial charge in [0.25, 0.3) is 0 Å². The summed E-state index contributed by atoms with van der Waals surface area (Å²) >= 11 is 0. The summed E-state index contributed by atoms with van der Waals surface area (Å²) < 4.78 is 1.34. The fourth-order valence-electron chi connectivity index (χ4n) is 1.71. The van der Waals surface area contributed by atoms with E-state index in [1.54, 1.807) is 24.5 Å². The number of hydrogen-bond acceptors (Lipinski definition) is 3. The van der Waals surface area contributed by atoms with Crippen molar-refractivity contribution in [2.45, 2.75) is 0 Å². The molecule has 1 N–H and O–H groups in total. The normalized spacial score (nSPS) is 10.4. The van der Waals surface area contributed by atoms with Crippen LogP contribution in [0.2, 0.25) is 0 Å². The van der Waals surface area contributed by atoms with Gasteiger partial charge in [0.05, 0.1) is 5.69 Å². The van der Waals surface area contributed by atoms with E-state index in [1.807, 2.05) is 30.3 Å². The molecule has 2 aromatic heterocycles. The van der Waals surface area contributed by atoms with E-state index in [0.717, 1.165) is 11.3 Å². The van der Waals surface area contributed by atoms with E-state index in [2.05, 4.69) is 15.1 Å². The monoisotopic (exact) mass is 238 g/mol. The Bertz CT molecular complexity index is 701. The Morgan fingerprint density at radius 3 is 2.44 bits per heavy atom. The molecular formula is C13H10N4O. The average molecular weight is 238 g/mol. The Morgan fingerprint density at radius 2 is 1.72 bits per heavy atom. The van der Waals surface area contributed by atoms with Crippen molar-refractivity contribution < 1.29 is 0 Å². The van der Waals surface area contributed by atoms with Crippen molar-refractivity contribution in [2.75, 3.05) is 0 Å². The highest BCUT2D eigenvalue weighted by Crippen LogP contribution is 2.12. The summed E-state index contributed by atoms with van der Waals surface area (Å²) in [5.74, 6) is 0.534. The third kappa shape index (κ3) is 1.82. The summed E-state index contributed by atoms with van der Waals surface area (Å²) in [6.45, 7) is 0. The SMILES string of the molecule is O=c1[nH]c(-c2ccncc2)nn1-c1ccccc1. The molecule has 0 aliphatic carbocycles. The van der Waals surface area contributed by atoms with Crippen molar-refractivity contribution in [3.63, 3.8) is 0 Å². The number of para-hydroxylation sites is 1. The summed E-state index contributed by atoms with van der Waals surface area (Å²) in [5.41, 5.74) is 1.31. The summed E-state index contributed by atoms with van der Waals surface area (Å²) in [6, 6.07) is 12.9. The molecule has 0 saturated carbocycles. The standard InChI is InChI=1S/C13H10N4O/c18-13-15-12(10-6-8-14-9-7-10)16-17(13)11-4-2-1-3-5-11/h1-9H,(H,15,16,18). The van der Waals surface area contributed by atoms with Crippen molar-refractivity contribution in [1.29, 1.82) is 0 Å². The number of H-pyrrole nitrogens is 1. The van der Waals surface area contributed by atoms with Crippen LogP contribution in [0.5, 0.6) is 0 Å². The van der Waals surface area contributed by atoms with E-state index in [0.29, 0.717) is 5.82 Å². The van der Waals surface area contributed by atoms with Gasteiger partial charge in [0.1, 0.15) is 0 Å². The molecule has 0 saturated heterocycles. The van der Waals surface area contributed by atoms with Gasteiger partial charge in [0, 0.05) is 18.0 Å². The maximum absolute atomic E-state index is 11.8. The van der Waals surface area contributed by atoms with E-state index in [1.165, 1.54) is 4.68 Å².